The quantitative estimate of drug-likeness (QED) is 0.719. The minimum Gasteiger partial charge on any atom is -0.478 e. The minimum atomic E-state index is -0.934. The molecule has 0 amide bonds. The van der Waals surface area contributed by atoms with Gasteiger partial charge >= 0.3 is 5.97 Å². The number of hydrogen-bond donors (Lipinski definition) is 1. The molecule has 0 fully saturated rings. The molecule has 0 saturated heterocycles. The molecule has 1 aromatic rings. The lowest BCUT2D eigenvalue weighted by molar-refractivity contribution is 0.0694. The number of carboxylic acids is 1. The van der Waals surface area contributed by atoms with Gasteiger partial charge in [0.05, 0.1) is 12.2 Å². The van der Waals surface area contributed by atoms with Crippen molar-refractivity contribution in [1.29, 1.82) is 0 Å². The number of hydrogen-bond acceptors (Lipinski definition) is 3. The van der Waals surface area contributed by atoms with E-state index in [-0.39, 0.29) is 5.56 Å². The maximum Gasteiger partial charge on any atom is 0.337 e. The number of nitrogens with zero attached hydrogens (tertiary/aromatic N) is 1. The topological polar surface area (TPSA) is 59.4 Å². The van der Waals surface area contributed by atoms with E-state index in [9.17, 15) is 4.79 Å². The fourth-order valence-corrected chi connectivity index (χ4v) is 1.36. The van der Waals surface area contributed by atoms with Gasteiger partial charge in [0.25, 0.3) is 0 Å². The van der Waals surface area contributed by atoms with Gasteiger partial charge in [0.15, 0.2) is 0 Å². The molecule has 0 bridgehead atoms. The molecule has 16 heavy (non-hydrogen) atoms. The number of ether oxygens (including phenoxy) is 1. The number of carbonyl (C=O) groups is 1. The van der Waals surface area contributed by atoms with Crippen LogP contribution in [0.5, 0.6) is 0 Å². The average Bonchev–Trinajstić information content (AvgIpc) is 2.29. The molecule has 4 nitrogen and oxygen atoms in total. The van der Waals surface area contributed by atoms with Crippen molar-refractivity contribution in [2.45, 2.75) is 26.2 Å². The first kappa shape index (κ1) is 12.6. The molecule has 0 spiro atoms. The SMILES string of the molecule is CCCCOCCc1ccncc1C(=O)O. The molecule has 0 aromatic carbocycles. The van der Waals surface area contributed by atoms with Crippen LogP contribution in [0.1, 0.15) is 35.7 Å². The Morgan fingerprint density at radius 2 is 2.31 bits per heavy atom. The molecule has 0 saturated carbocycles. The van der Waals surface area contributed by atoms with E-state index in [1.807, 2.05) is 0 Å². The van der Waals surface area contributed by atoms with E-state index in [4.69, 9.17) is 9.84 Å². The summed E-state index contributed by atoms with van der Waals surface area (Å²) in [5.41, 5.74) is 1.04. The molecule has 0 aliphatic carbocycles. The monoisotopic (exact) mass is 223 g/mol. The third kappa shape index (κ3) is 3.98. The van der Waals surface area contributed by atoms with Crippen LogP contribution in [0.3, 0.4) is 0 Å². The molecule has 0 radical (unpaired) electrons. The molecule has 0 aliphatic heterocycles. The predicted octanol–water partition coefficient (Wildman–Crippen LogP) is 2.14. The van der Waals surface area contributed by atoms with Gasteiger partial charge in [-0.1, -0.05) is 13.3 Å². The maximum atomic E-state index is 10.9. The van der Waals surface area contributed by atoms with Gasteiger partial charge in [-0.15, -0.1) is 0 Å². The van der Waals surface area contributed by atoms with Crippen molar-refractivity contribution >= 4 is 5.97 Å². The third-order valence-electron chi connectivity index (χ3n) is 2.30. The van der Waals surface area contributed by atoms with Gasteiger partial charge < -0.3 is 9.84 Å². The molecule has 0 aliphatic rings. The molecular formula is C12H17NO3. The van der Waals surface area contributed by atoms with Crippen molar-refractivity contribution in [1.82, 2.24) is 4.98 Å². The fourth-order valence-electron chi connectivity index (χ4n) is 1.36. The van der Waals surface area contributed by atoms with E-state index in [1.165, 1.54) is 6.20 Å². The summed E-state index contributed by atoms with van der Waals surface area (Å²) >= 11 is 0. The number of unbranched alkanes of at least 4 members (excludes halogenated alkanes) is 1. The maximum absolute atomic E-state index is 10.9. The smallest absolute Gasteiger partial charge is 0.337 e. The molecule has 4 heteroatoms. The highest BCUT2D eigenvalue weighted by Gasteiger charge is 2.08. The Balaban J connectivity index is 2.44. The van der Waals surface area contributed by atoms with Crippen LogP contribution in [-0.4, -0.2) is 29.3 Å². The predicted molar refractivity (Wildman–Crippen MR) is 60.6 cm³/mol. The first-order chi connectivity index (χ1) is 7.75. The lowest BCUT2D eigenvalue weighted by atomic mass is 10.1. The van der Waals surface area contributed by atoms with E-state index in [1.54, 1.807) is 12.3 Å². The van der Waals surface area contributed by atoms with Crippen LogP contribution in [0.25, 0.3) is 0 Å². The summed E-state index contributed by atoms with van der Waals surface area (Å²) in [6.45, 7) is 3.41. The lowest BCUT2D eigenvalue weighted by Crippen LogP contribution is -2.07. The number of rotatable bonds is 7. The van der Waals surface area contributed by atoms with Gasteiger partial charge in [0.2, 0.25) is 0 Å². The molecule has 1 heterocycles. The number of pyridine rings is 1. The second-order valence-corrected chi connectivity index (χ2v) is 3.55. The average molecular weight is 223 g/mol. The van der Waals surface area contributed by atoms with Crippen LogP contribution < -0.4 is 0 Å². The van der Waals surface area contributed by atoms with Crippen LogP contribution in [0.4, 0.5) is 0 Å². The zero-order chi connectivity index (χ0) is 11.8. The van der Waals surface area contributed by atoms with Gasteiger partial charge in [-0.2, -0.15) is 0 Å². The highest BCUT2D eigenvalue weighted by molar-refractivity contribution is 5.88. The molecular weight excluding hydrogens is 206 g/mol. The molecule has 0 atom stereocenters. The summed E-state index contributed by atoms with van der Waals surface area (Å²) in [4.78, 5) is 14.7. The van der Waals surface area contributed by atoms with Crippen molar-refractivity contribution in [2.24, 2.45) is 0 Å². The highest BCUT2D eigenvalue weighted by Crippen LogP contribution is 2.08. The molecule has 88 valence electrons. The summed E-state index contributed by atoms with van der Waals surface area (Å²) in [5, 5.41) is 8.93. The normalized spacial score (nSPS) is 10.3. The molecule has 0 unspecified atom stereocenters. The largest absolute Gasteiger partial charge is 0.478 e. The molecule has 1 N–H and O–H groups in total. The van der Waals surface area contributed by atoms with Crippen LogP contribution >= 0.6 is 0 Å². The van der Waals surface area contributed by atoms with E-state index in [2.05, 4.69) is 11.9 Å². The van der Waals surface area contributed by atoms with Gasteiger partial charge in [-0.05, 0) is 24.5 Å². The fraction of sp³-hybridized carbons (Fsp3) is 0.500. The summed E-state index contributed by atoms with van der Waals surface area (Å²) in [6.07, 6.45) is 5.75. The van der Waals surface area contributed by atoms with E-state index in [0.717, 1.165) is 25.0 Å². The first-order valence-electron chi connectivity index (χ1n) is 5.49. The summed E-state index contributed by atoms with van der Waals surface area (Å²) in [7, 11) is 0. The van der Waals surface area contributed by atoms with E-state index < -0.39 is 5.97 Å². The van der Waals surface area contributed by atoms with Crippen LogP contribution in [0.2, 0.25) is 0 Å². The molecule has 1 aromatic heterocycles. The Morgan fingerprint density at radius 1 is 1.50 bits per heavy atom. The van der Waals surface area contributed by atoms with Crippen molar-refractivity contribution in [3.05, 3.63) is 29.6 Å². The lowest BCUT2D eigenvalue weighted by Gasteiger charge is -2.06. The number of carboxylic acid groups (broad SMARTS) is 1. The number of aromatic carboxylic acids is 1. The highest BCUT2D eigenvalue weighted by atomic mass is 16.5. The van der Waals surface area contributed by atoms with E-state index in [0.29, 0.717) is 13.0 Å². The summed E-state index contributed by atoms with van der Waals surface area (Å²) in [5.74, 6) is -0.934. The third-order valence-corrected chi connectivity index (χ3v) is 2.30. The van der Waals surface area contributed by atoms with Crippen molar-refractivity contribution in [3.63, 3.8) is 0 Å². The summed E-state index contributed by atoms with van der Waals surface area (Å²) in [6, 6.07) is 1.73. The zero-order valence-electron chi connectivity index (χ0n) is 9.48. The standard InChI is InChI=1S/C12H17NO3/c1-2-3-7-16-8-5-10-4-6-13-9-11(10)12(14)15/h4,6,9H,2-3,5,7-8H2,1H3,(H,14,15). The van der Waals surface area contributed by atoms with Crippen molar-refractivity contribution in [3.8, 4) is 0 Å². The number of aromatic nitrogens is 1. The first-order valence-corrected chi connectivity index (χ1v) is 5.49. The Morgan fingerprint density at radius 3 is 3.00 bits per heavy atom. The molecule has 1 rings (SSSR count). The van der Waals surface area contributed by atoms with Crippen molar-refractivity contribution < 1.29 is 14.6 Å². The van der Waals surface area contributed by atoms with Crippen LogP contribution in [0, 0.1) is 0 Å². The Labute approximate surface area is 95.3 Å². The van der Waals surface area contributed by atoms with Gasteiger partial charge in [-0.3, -0.25) is 4.98 Å². The Kier molecular flexibility index (Phi) is 5.50. The summed E-state index contributed by atoms with van der Waals surface area (Å²) < 4.78 is 5.40. The van der Waals surface area contributed by atoms with Gasteiger partial charge in [0.1, 0.15) is 0 Å². The van der Waals surface area contributed by atoms with Crippen LogP contribution in [0.15, 0.2) is 18.5 Å². The van der Waals surface area contributed by atoms with Crippen molar-refractivity contribution in [2.75, 3.05) is 13.2 Å². The minimum absolute atomic E-state index is 0.265. The van der Waals surface area contributed by atoms with Gasteiger partial charge in [0, 0.05) is 19.0 Å². The Bertz CT molecular complexity index is 339. The zero-order valence-corrected chi connectivity index (χ0v) is 9.48. The van der Waals surface area contributed by atoms with E-state index >= 15 is 0 Å². The second kappa shape index (κ2) is 6.95. The van der Waals surface area contributed by atoms with Crippen LogP contribution in [-0.2, 0) is 11.2 Å². The second-order valence-electron chi connectivity index (χ2n) is 3.55. The van der Waals surface area contributed by atoms with Gasteiger partial charge in [-0.25, -0.2) is 4.79 Å². The Hall–Kier alpha value is -1.42.